The highest BCUT2D eigenvalue weighted by molar-refractivity contribution is 7.90. The fourth-order valence-electron chi connectivity index (χ4n) is 2.56. The van der Waals surface area contributed by atoms with Crippen LogP contribution in [0.15, 0.2) is 0 Å². The van der Waals surface area contributed by atoms with E-state index in [1.807, 2.05) is 20.8 Å². The first-order valence-electron chi connectivity index (χ1n) is 6.47. The molecule has 0 aromatic rings. The molecule has 0 bridgehead atoms. The van der Waals surface area contributed by atoms with Crippen LogP contribution in [0.4, 0.5) is 0 Å². The average molecular weight is 260 g/mol. The van der Waals surface area contributed by atoms with Gasteiger partial charge in [-0.05, 0) is 53.1 Å². The zero-order valence-corrected chi connectivity index (χ0v) is 11.9. The SMILES string of the molecule is CC(C)(C)[S@@+]([O-])NC1CCOC12CCNCC2. The molecule has 2 rings (SSSR count). The number of ether oxygens (including phenoxy) is 1. The number of piperidine rings is 1. The van der Waals surface area contributed by atoms with Crippen molar-refractivity contribution in [3.05, 3.63) is 0 Å². The lowest BCUT2D eigenvalue weighted by molar-refractivity contribution is -0.0300. The minimum Gasteiger partial charge on any atom is -0.598 e. The molecule has 2 N–H and O–H groups in total. The van der Waals surface area contributed by atoms with Gasteiger partial charge in [-0.25, -0.2) is 0 Å². The molecule has 0 amide bonds. The molecule has 0 aliphatic carbocycles. The molecule has 0 aromatic heterocycles. The topological polar surface area (TPSA) is 56.3 Å². The van der Waals surface area contributed by atoms with E-state index in [2.05, 4.69) is 10.0 Å². The summed E-state index contributed by atoms with van der Waals surface area (Å²) in [6, 6.07) is 0.240. The second kappa shape index (κ2) is 5.05. The Balaban J connectivity index is 1.99. The van der Waals surface area contributed by atoms with Crippen LogP contribution >= 0.6 is 0 Å². The van der Waals surface area contributed by atoms with E-state index in [4.69, 9.17) is 4.74 Å². The maximum Gasteiger partial charge on any atom is 0.136 e. The molecule has 5 heteroatoms. The van der Waals surface area contributed by atoms with Gasteiger partial charge in [0.25, 0.3) is 0 Å². The summed E-state index contributed by atoms with van der Waals surface area (Å²) < 4.78 is 21.2. The molecule has 1 unspecified atom stereocenters. The van der Waals surface area contributed by atoms with Crippen LogP contribution in [-0.4, -0.2) is 40.6 Å². The van der Waals surface area contributed by atoms with Crippen molar-refractivity contribution in [2.45, 2.75) is 56.4 Å². The van der Waals surface area contributed by atoms with Gasteiger partial charge < -0.3 is 14.6 Å². The predicted octanol–water partition coefficient (Wildman–Crippen LogP) is 0.949. The first-order chi connectivity index (χ1) is 7.94. The second-order valence-corrected chi connectivity index (χ2v) is 8.00. The molecule has 1 spiro atoms. The smallest absolute Gasteiger partial charge is 0.136 e. The second-order valence-electron chi connectivity index (χ2n) is 6.00. The van der Waals surface area contributed by atoms with Crippen LogP contribution in [0.25, 0.3) is 0 Å². The molecule has 2 aliphatic heterocycles. The molecule has 0 radical (unpaired) electrons. The lowest BCUT2D eigenvalue weighted by atomic mass is 9.86. The van der Waals surface area contributed by atoms with Crippen molar-refractivity contribution < 1.29 is 9.29 Å². The molecule has 2 saturated heterocycles. The fraction of sp³-hybridized carbons (Fsp3) is 1.00. The van der Waals surface area contributed by atoms with Crippen molar-refractivity contribution in [1.82, 2.24) is 10.0 Å². The van der Waals surface area contributed by atoms with E-state index in [0.717, 1.165) is 39.0 Å². The van der Waals surface area contributed by atoms with Crippen LogP contribution in [0.1, 0.15) is 40.0 Å². The van der Waals surface area contributed by atoms with Crippen molar-refractivity contribution in [2.75, 3.05) is 19.7 Å². The summed E-state index contributed by atoms with van der Waals surface area (Å²) in [5.41, 5.74) is -0.0772. The molecule has 17 heavy (non-hydrogen) atoms. The molecule has 0 aromatic carbocycles. The Hall–Kier alpha value is 0.190. The molecule has 2 aliphatic rings. The summed E-state index contributed by atoms with van der Waals surface area (Å²) >= 11 is -1.01. The highest BCUT2D eigenvalue weighted by Gasteiger charge is 2.48. The van der Waals surface area contributed by atoms with Crippen molar-refractivity contribution in [3.63, 3.8) is 0 Å². The fourth-order valence-corrected chi connectivity index (χ4v) is 3.50. The molecule has 100 valence electrons. The molecule has 4 nitrogen and oxygen atoms in total. The third kappa shape index (κ3) is 2.96. The van der Waals surface area contributed by atoms with E-state index in [1.54, 1.807) is 0 Å². The molecular weight excluding hydrogens is 236 g/mol. The highest BCUT2D eigenvalue weighted by Crippen LogP contribution is 2.35. The van der Waals surface area contributed by atoms with E-state index in [9.17, 15) is 4.55 Å². The maximum absolute atomic E-state index is 12.2. The molecule has 0 saturated carbocycles. The molecule has 2 atom stereocenters. The lowest BCUT2D eigenvalue weighted by Gasteiger charge is -2.39. The number of nitrogens with one attached hydrogen (secondary N) is 2. The van der Waals surface area contributed by atoms with Gasteiger partial charge in [0.15, 0.2) is 0 Å². The van der Waals surface area contributed by atoms with Crippen LogP contribution in [0, 0.1) is 0 Å². The summed E-state index contributed by atoms with van der Waals surface area (Å²) in [6.45, 7) is 8.79. The first kappa shape index (κ1) is 13.6. The van der Waals surface area contributed by atoms with Gasteiger partial charge in [-0.1, -0.05) is 0 Å². The Morgan fingerprint density at radius 2 is 2.00 bits per heavy atom. The minimum absolute atomic E-state index is 0.0772. The largest absolute Gasteiger partial charge is 0.598 e. The number of rotatable bonds is 2. The Morgan fingerprint density at radius 3 is 2.59 bits per heavy atom. The third-order valence-corrected chi connectivity index (χ3v) is 5.30. The highest BCUT2D eigenvalue weighted by atomic mass is 32.2. The summed E-state index contributed by atoms with van der Waals surface area (Å²) in [5, 5.41) is 3.36. The zero-order valence-electron chi connectivity index (χ0n) is 11.0. The van der Waals surface area contributed by atoms with Crippen LogP contribution in [0.5, 0.6) is 0 Å². The van der Waals surface area contributed by atoms with Gasteiger partial charge in [0.1, 0.15) is 4.75 Å². The van der Waals surface area contributed by atoms with Gasteiger partial charge in [-0.3, -0.25) is 0 Å². The Bertz CT molecular complexity index is 262. The van der Waals surface area contributed by atoms with E-state index < -0.39 is 11.4 Å². The lowest BCUT2D eigenvalue weighted by Crippen LogP contribution is -2.57. The predicted molar refractivity (Wildman–Crippen MR) is 70.2 cm³/mol. The summed E-state index contributed by atoms with van der Waals surface area (Å²) in [4.78, 5) is 0. The van der Waals surface area contributed by atoms with Crippen molar-refractivity contribution in [1.29, 1.82) is 0 Å². The maximum atomic E-state index is 12.2. The number of hydrogen-bond donors (Lipinski definition) is 2. The Morgan fingerprint density at radius 1 is 1.35 bits per heavy atom. The Kier molecular flexibility index (Phi) is 4.05. The van der Waals surface area contributed by atoms with Crippen LogP contribution in [0.2, 0.25) is 0 Å². The first-order valence-corrected chi connectivity index (χ1v) is 7.62. The number of hydrogen-bond acceptors (Lipinski definition) is 4. The van der Waals surface area contributed by atoms with E-state index in [-0.39, 0.29) is 16.4 Å². The van der Waals surface area contributed by atoms with E-state index >= 15 is 0 Å². The monoisotopic (exact) mass is 260 g/mol. The Labute approximate surface area is 107 Å². The zero-order chi connectivity index (χ0) is 12.5. The van der Waals surface area contributed by atoms with Gasteiger partial charge >= 0.3 is 0 Å². The van der Waals surface area contributed by atoms with Crippen LogP contribution in [-0.2, 0) is 16.1 Å². The third-order valence-electron chi connectivity index (χ3n) is 3.69. The molecule has 2 heterocycles. The van der Waals surface area contributed by atoms with Crippen molar-refractivity contribution >= 4 is 11.4 Å². The molecular formula is C12H24N2O2S. The summed E-state index contributed by atoms with van der Waals surface area (Å²) in [5.74, 6) is 0. The van der Waals surface area contributed by atoms with Gasteiger partial charge in [0.05, 0.1) is 11.6 Å². The van der Waals surface area contributed by atoms with Crippen LogP contribution in [0.3, 0.4) is 0 Å². The van der Waals surface area contributed by atoms with Gasteiger partial charge in [-0.15, -0.1) is 4.72 Å². The standard InChI is InChI=1S/C12H24N2O2S/c1-11(2,3)17(15)14-10-4-9-16-12(10)5-7-13-8-6-12/h10,13-14H,4-9H2,1-3H3/t10?,17-/m1/s1. The quantitative estimate of drug-likeness (QED) is 0.726. The van der Waals surface area contributed by atoms with Crippen molar-refractivity contribution in [3.8, 4) is 0 Å². The average Bonchev–Trinajstić information content (AvgIpc) is 2.61. The molecule has 2 fully saturated rings. The summed E-state index contributed by atoms with van der Waals surface area (Å²) in [7, 11) is 0. The minimum atomic E-state index is -1.01. The normalized spacial score (nSPS) is 30.7. The van der Waals surface area contributed by atoms with Gasteiger partial charge in [-0.2, -0.15) is 0 Å². The summed E-state index contributed by atoms with van der Waals surface area (Å²) in [6.07, 6.45) is 3.01. The van der Waals surface area contributed by atoms with Gasteiger partial charge in [0, 0.05) is 18.0 Å². The van der Waals surface area contributed by atoms with Gasteiger partial charge in [0.2, 0.25) is 0 Å². The van der Waals surface area contributed by atoms with E-state index in [1.165, 1.54) is 0 Å². The van der Waals surface area contributed by atoms with Crippen molar-refractivity contribution in [2.24, 2.45) is 0 Å². The van der Waals surface area contributed by atoms with Crippen LogP contribution < -0.4 is 10.0 Å². The van der Waals surface area contributed by atoms with E-state index in [0.29, 0.717) is 0 Å².